The van der Waals surface area contributed by atoms with E-state index in [1.54, 1.807) is 0 Å². The molecule has 0 aromatic heterocycles. The van der Waals surface area contributed by atoms with Crippen molar-refractivity contribution in [1.29, 1.82) is 0 Å². The molecule has 0 bridgehead atoms. The van der Waals surface area contributed by atoms with Crippen molar-refractivity contribution in [2.75, 3.05) is 20.1 Å². The third-order valence-electron chi connectivity index (χ3n) is 4.00. The minimum atomic E-state index is 0.522. The molecule has 0 aliphatic carbocycles. The van der Waals surface area contributed by atoms with Gasteiger partial charge in [0.05, 0.1) is 0 Å². The van der Waals surface area contributed by atoms with Crippen LogP contribution in [0.5, 0.6) is 0 Å². The van der Waals surface area contributed by atoms with E-state index in [2.05, 4.69) is 59.9 Å². The van der Waals surface area contributed by atoms with Gasteiger partial charge in [-0.15, -0.1) is 0 Å². The van der Waals surface area contributed by atoms with Gasteiger partial charge >= 0.3 is 0 Å². The molecule has 2 unspecified atom stereocenters. The number of hydrogen-bond acceptors (Lipinski definition) is 2. The van der Waals surface area contributed by atoms with Gasteiger partial charge in [0.1, 0.15) is 0 Å². The highest BCUT2D eigenvalue weighted by Crippen LogP contribution is 2.38. The monoisotopic (exact) mass is 310 g/mol. The maximum atomic E-state index is 5.83. The van der Waals surface area contributed by atoms with Gasteiger partial charge in [0.25, 0.3) is 0 Å². The number of halogens is 1. The van der Waals surface area contributed by atoms with Crippen LogP contribution in [0.25, 0.3) is 0 Å². The summed E-state index contributed by atoms with van der Waals surface area (Å²) < 4.78 is 1.17. The summed E-state index contributed by atoms with van der Waals surface area (Å²) in [4.78, 5) is 2.45. The van der Waals surface area contributed by atoms with Crippen LogP contribution in [-0.4, -0.2) is 25.0 Å². The number of hydrogen-bond donors (Lipinski definition) is 1. The lowest BCUT2D eigenvalue weighted by Crippen LogP contribution is -2.21. The molecule has 2 atom stereocenters. The first kappa shape index (κ1) is 14.0. The minimum absolute atomic E-state index is 0.522. The van der Waals surface area contributed by atoms with Crippen LogP contribution in [0.15, 0.2) is 22.7 Å². The Hall–Kier alpha value is -0.380. The second-order valence-corrected chi connectivity index (χ2v) is 6.64. The smallest absolute Gasteiger partial charge is 0.0352 e. The quantitative estimate of drug-likeness (QED) is 0.925. The molecular formula is C15H23BrN2. The Morgan fingerprint density at radius 1 is 1.44 bits per heavy atom. The highest BCUT2D eigenvalue weighted by atomic mass is 79.9. The van der Waals surface area contributed by atoms with Gasteiger partial charge in [-0.2, -0.15) is 0 Å². The molecule has 1 aliphatic rings. The van der Waals surface area contributed by atoms with E-state index in [9.17, 15) is 0 Å². The highest BCUT2D eigenvalue weighted by molar-refractivity contribution is 9.10. The summed E-state index contributed by atoms with van der Waals surface area (Å²) in [5.41, 5.74) is 8.76. The summed E-state index contributed by atoms with van der Waals surface area (Å²) in [6.45, 7) is 6.45. The van der Waals surface area contributed by atoms with Crippen molar-refractivity contribution in [3.8, 4) is 0 Å². The number of rotatable bonds is 3. The van der Waals surface area contributed by atoms with E-state index < -0.39 is 0 Å². The molecule has 2 nitrogen and oxygen atoms in total. The number of benzene rings is 1. The molecule has 2 rings (SSSR count). The van der Waals surface area contributed by atoms with Crippen molar-refractivity contribution in [1.82, 2.24) is 4.90 Å². The van der Waals surface area contributed by atoms with Crippen LogP contribution < -0.4 is 5.73 Å². The first-order valence-corrected chi connectivity index (χ1v) is 7.51. The Morgan fingerprint density at radius 2 is 2.17 bits per heavy atom. The van der Waals surface area contributed by atoms with E-state index in [1.807, 2.05) is 0 Å². The van der Waals surface area contributed by atoms with Gasteiger partial charge < -0.3 is 5.73 Å². The highest BCUT2D eigenvalue weighted by Gasteiger charge is 2.31. The van der Waals surface area contributed by atoms with Gasteiger partial charge in [0.15, 0.2) is 0 Å². The summed E-state index contributed by atoms with van der Waals surface area (Å²) in [5.74, 6) is 1.21. The lowest BCUT2D eigenvalue weighted by Gasteiger charge is -2.24. The average Bonchev–Trinajstić information content (AvgIpc) is 2.70. The van der Waals surface area contributed by atoms with Crippen LogP contribution in [0.2, 0.25) is 0 Å². The van der Waals surface area contributed by atoms with Crippen LogP contribution in [0.1, 0.15) is 43.4 Å². The summed E-state index contributed by atoms with van der Waals surface area (Å²) in [6, 6.07) is 7.21. The standard InChI is InChI=1S/C15H23BrN2/c1-10(2)13-5-4-12(16)7-14(13)15-6-11(8-17)9-18(15)3/h4-5,7,10-11,15H,6,8-9,17H2,1-3H3. The maximum Gasteiger partial charge on any atom is 0.0352 e. The van der Waals surface area contributed by atoms with Gasteiger partial charge in [0, 0.05) is 17.1 Å². The maximum absolute atomic E-state index is 5.83. The first-order chi connectivity index (χ1) is 8.52. The topological polar surface area (TPSA) is 29.3 Å². The van der Waals surface area contributed by atoms with Crippen molar-refractivity contribution in [3.63, 3.8) is 0 Å². The molecule has 1 aliphatic heterocycles. The summed E-state index contributed by atoms with van der Waals surface area (Å²) >= 11 is 3.60. The zero-order chi connectivity index (χ0) is 13.3. The number of nitrogens with two attached hydrogens (primary N) is 1. The molecular weight excluding hydrogens is 288 g/mol. The second kappa shape index (κ2) is 5.72. The minimum Gasteiger partial charge on any atom is -0.330 e. The Balaban J connectivity index is 2.35. The van der Waals surface area contributed by atoms with Gasteiger partial charge in [-0.25, -0.2) is 0 Å². The van der Waals surface area contributed by atoms with Crippen molar-refractivity contribution < 1.29 is 0 Å². The Kier molecular flexibility index (Phi) is 4.46. The fourth-order valence-electron chi connectivity index (χ4n) is 3.00. The van der Waals surface area contributed by atoms with Crippen LogP contribution in [-0.2, 0) is 0 Å². The van der Waals surface area contributed by atoms with Gasteiger partial charge in [-0.05, 0) is 55.1 Å². The van der Waals surface area contributed by atoms with Gasteiger partial charge in [-0.3, -0.25) is 4.90 Å². The van der Waals surface area contributed by atoms with E-state index in [0.717, 1.165) is 13.1 Å². The molecule has 1 heterocycles. The molecule has 18 heavy (non-hydrogen) atoms. The predicted molar refractivity (Wildman–Crippen MR) is 80.8 cm³/mol. The number of likely N-dealkylation sites (tertiary alicyclic amines) is 1. The van der Waals surface area contributed by atoms with Crippen LogP contribution in [0, 0.1) is 5.92 Å². The Morgan fingerprint density at radius 3 is 2.72 bits per heavy atom. The molecule has 1 saturated heterocycles. The van der Waals surface area contributed by atoms with E-state index in [0.29, 0.717) is 17.9 Å². The van der Waals surface area contributed by atoms with Gasteiger partial charge in [-0.1, -0.05) is 35.8 Å². The molecule has 1 aromatic carbocycles. The fraction of sp³-hybridized carbons (Fsp3) is 0.600. The predicted octanol–water partition coefficient (Wildman–Crippen LogP) is 3.52. The average molecular weight is 311 g/mol. The molecule has 0 spiro atoms. The molecule has 2 N–H and O–H groups in total. The Labute approximate surface area is 119 Å². The SMILES string of the molecule is CC(C)c1ccc(Br)cc1C1CC(CN)CN1C. The molecule has 1 aromatic rings. The van der Waals surface area contributed by atoms with Gasteiger partial charge in [0.2, 0.25) is 0 Å². The third kappa shape index (κ3) is 2.79. The van der Waals surface area contributed by atoms with Crippen LogP contribution >= 0.6 is 15.9 Å². The third-order valence-corrected chi connectivity index (χ3v) is 4.49. The molecule has 0 radical (unpaired) electrons. The second-order valence-electron chi connectivity index (χ2n) is 5.72. The van der Waals surface area contributed by atoms with E-state index >= 15 is 0 Å². The van der Waals surface area contributed by atoms with Crippen LogP contribution in [0.3, 0.4) is 0 Å². The van der Waals surface area contributed by atoms with E-state index in [4.69, 9.17) is 5.73 Å². The number of nitrogens with zero attached hydrogens (tertiary/aromatic N) is 1. The molecule has 3 heteroatoms. The van der Waals surface area contributed by atoms with E-state index in [1.165, 1.54) is 22.0 Å². The summed E-state index contributed by atoms with van der Waals surface area (Å²) in [5, 5.41) is 0. The van der Waals surface area contributed by atoms with Crippen LogP contribution in [0.4, 0.5) is 0 Å². The van der Waals surface area contributed by atoms with Crippen molar-refractivity contribution in [3.05, 3.63) is 33.8 Å². The molecule has 0 saturated carbocycles. The molecule has 1 fully saturated rings. The van der Waals surface area contributed by atoms with Crippen molar-refractivity contribution in [2.45, 2.75) is 32.2 Å². The first-order valence-electron chi connectivity index (χ1n) is 6.72. The summed E-state index contributed by atoms with van der Waals surface area (Å²) in [6.07, 6.45) is 1.18. The van der Waals surface area contributed by atoms with Crippen molar-refractivity contribution in [2.24, 2.45) is 11.7 Å². The normalized spacial score (nSPS) is 25.0. The lowest BCUT2D eigenvalue weighted by atomic mass is 9.90. The Bertz CT molecular complexity index is 417. The van der Waals surface area contributed by atoms with E-state index in [-0.39, 0.29) is 0 Å². The molecule has 0 amide bonds. The molecule has 100 valence electrons. The van der Waals surface area contributed by atoms with Crippen molar-refractivity contribution >= 4 is 15.9 Å². The zero-order valence-electron chi connectivity index (χ0n) is 11.5. The largest absolute Gasteiger partial charge is 0.330 e. The summed E-state index contributed by atoms with van der Waals surface area (Å²) in [7, 11) is 2.21. The lowest BCUT2D eigenvalue weighted by molar-refractivity contribution is 0.312. The fourth-order valence-corrected chi connectivity index (χ4v) is 3.38. The zero-order valence-corrected chi connectivity index (χ0v) is 13.1.